The van der Waals surface area contributed by atoms with Gasteiger partial charge in [-0.25, -0.2) is 0 Å². The number of hydrogen-bond acceptors (Lipinski definition) is 4. The Kier molecular flexibility index (Phi) is 5.91. The molecule has 194 valence electrons. The maximum Gasteiger partial charge on any atom is 0.323 e. The SMILES string of the molecule is Cc1ccc(C2(c3ccc(C(=O)N4CC(=O)N(CC(=O)O)c5ccccc54)cc3)Cc3ccccc3N2)cc1. The van der Waals surface area contributed by atoms with Crippen LogP contribution in [0, 0.1) is 6.92 Å². The zero-order valence-electron chi connectivity index (χ0n) is 21.4. The summed E-state index contributed by atoms with van der Waals surface area (Å²) < 4.78 is 0. The quantitative estimate of drug-likeness (QED) is 0.390. The van der Waals surface area contributed by atoms with Gasteiger partial charge >= 0.3 is 5.97 Å². The second-order valence-corrected chi connectivity index (χ2v) is 10.1. The number of hydrogen-bond donors (Lipinski definition) is 2. The van der Waals surface area contributed by atoms with E-state index in [4.69, 9.17) is 0 Å². The van der Waals surface area contributed by atoms with Gasteiger partial charge in [-0.3, -0.25) is 24.2 Å². The van der Waals surface area contributed by atoms with E-state index in [1.165, 1.54) is 20.9 Å². The van der Waals surface area contributed by atoms with Gasteiger partial charge in [0.2, 0.25) is 5.91 Å². The number of carboxylic acids is 1. The lowest BCUT2D eigenvalue weighted by Gasteiger charge is -2.35. The number of amides is 2. The number of benzene rings is 4. The molecule has 0 radical (unpaired) electrons. The molecule has 2 aliphatic heterocycles. The maximum absolute atomic E-state index is 13.7. The third-order valence-corrected chi connectivity index (χ3v) is 7.59. The first-order chi connectivity index (χ1) is 18.9. The molecule has 0 fully saturated rings. The number of nitrogens with one attached hydrogen (secondary N) is 1. The summed E-state index contributed by atoms with van der Waals surface area (Å²) in [7, 11) is 0. The summed E-state index contributed by atoms with van der Waals surface area (Å²) in [6, 6.07) is 31.2. The van der Waals surface area contributed by atoms with E-state index in [-0.39, 0.29) is 12.5 Å². The first kappa shape index (κ1) is 24.4. The molecule has 7 heteroatoms. The molecule has 2 N–H and O–H groups in total. The molecule has 1 unspecified atom stereocenters. The molecule has 4 aromatic carbocycles. The number of carbonyl (C=O) groups excluding carboxylic acids is 2. The van der Waals surface area contributed by atoms with Crippen molar-refractivity contribution in [3.8, 4) is 0 Å². The standard InChI is InChI=1S/C32H27N3O4/c1-21-10-14-24(15-11-21)32(18-23-6-2-3-7-26(23)33-32)25-16-12-22(13-17-25)31(39)35-19-29(36)34(20-30(37)38)27-8-4-5-9-28(27)35/h2-17,33H,18-20H2,1H3,(H,37,38). The van der Waals surface area contributed by atoms with Gasteiger partial charge in [0.15, 0.2) is 0 Å². The van der Waals surface area contributed by atoms with Crippen molar-refractivity contribution in [2.45, 2.75) is 18.9 Å². The van der Waals surface area contributed by atoms with Gasteiger partial charge in [0.1, 0.15) is 13.1 Å². The Morgan fingerprint density at radius 1 is 0.846 bits per heavy atom. The van der Waals surface area contributed by atoms with Crippen LogP contribution in [0.3, 0.4) is 0 Å². The number of aryl methyl sites for hydroxylation is 1. The van der Waals surface area contributed by atoms with E-state index in [1.807, 2.05) is 24.3 Å². The number of para-hydroxylation sites is 3. The summed E-state index contributed by atoms with van der Waals surface area (Å²) in [4.78, 5) is 40.5. The van der Waals surface area contributed by atoms with Gasteiger partial charge in [-0.15, -0.1) is 0 Å². The van der Waals surface area contributed by atoms with Crippen molar-refractivity contribution in [1.82, 2.24) is 0 Å². The third kappa shape index (κ3) is 4.22. The highest BCUT2D eigenvalue weighted by atomic mass is 16.4. The fraction of sp³-hybridized carbons (Fsp3) is 0.156. The normalized spacial score (nSPS) is 17.8. The van der Waals surface area contributed by atoms with Crippen LogP contribution in [-0.4, -0.2) is 36.0 Å². The van der Waals surface area contributed by atoms with Crippen molar-refractivity contribution in [3.63, 3.8) is 0 Å². The van der Waals surface area contributed by atoms with E-state index >= 15 is 0 Å². The molecule has 39 heavy (non-hydrogen) atoms. The first-order valence-corrected chi connectivity index (χ1v) is 12.8. The molecule has 2 aliphatic rings. The summed E-state index contributed by atoms with van der Waals surface area (Å²) in [5, 5.41) is 13.0. The predicted octanol–water partition coefficient (Wildman–Crippen LogP) is 4.98. The van der Waals surface area contributed by atoms with Gasteiger partial charge < -0.3 is 10.4 Å². The predicted molar refractivity (Wildman–Crippen MR) is 150 cm³/mol. The van der Waals surface area contributed by atoms with Gasteiger partial charge in [-0.2, -0.15) is 0 Å². The van der Waals surface area contributed by atoms with Crippen molar-refractivity contribution >= 4 is 34.8 Å². The van der Waals surface area contributed by atoms with Crippen molar-refractivity contribution < 1.29 is 19.5 Å². The summed E-state index contributed by atoms with van der Waals surface area (Å²) in [5.41, 5.74) is 6.55. The number of aliphatic carboxylic acids is 1. The van der Waals surface area contributed by atoms with Crippen LogP contribution in [0.5, 0.6) is 0 Å². The van der Waals surface area contributed by atoms with Gasteiger partial charge in [0, 0.05) is 17.7 Å². The van der Waals surface area contributed by atoms with Crippen molar-refractivity contribution in [2.75, 3.05) is 28.2 Å². The topological polar surface area (TPSA) is 90.0 Å². The van der Waals surface area contributed by atoms with E-state index in [2.05, 4.69) is 48.6 Å². The summed E-state index contributed by atoms with van der Waals surface area (Å²) in [5.74, 6) is -1.87. The lowest BCUT2D eigenvalue weighted by molar-refractivity contribution is -0.136. The number of carbonyl (C=O) groups is 3. The molecule has 7 nitrogen and oxygen atoms in total. The average molecular weight is 518 g/mol. The minimum absolute atomic E-state index is 0.227. The Balaban J connectivity index is 1.34. The summed E-state index contributed by atoms with van der Waals surface area (Å²) in [6.07, 6.45) is 0.771. The molecule has 1 atom stereocenters. The highest BCUT2D eigenvalue weighted by Gasteiger charge is 2.40. The number of nitrogens with zero attached hydrogens (tertiary/aromatic N) is 2. The number of fused-ring (bicyclic) bond motifs is 2. The Labute approximate surface area is 226 Å². The molecule has 2 heterocycles. The van der Waals surface area contributed by atoms with Crippen LogP contribution in [0.15, 0.2) is 97.1 Å². The Hall–Kier alpha value is -4.91. The monoisotopic (exact) mass is 517 g/mol. The van der Waals surface area contributed by atoms with Crippen molar-refractivity contribution in [2.24, 2.45) is 0 Å². The highest BCUT2D eigenvalue weighted by Crippen LogP contribution is 2.44. The summed E-state index contributed by atoms with van der Waals surface area (Å²) in [6.45, 7) is 1.39. The van der Waals surface area contributed by atoms with Crippen LogP contribution in [-0.2, 0) is 21.5 Å². The smallest absolute Gasteiger partial charge is 0.323 e. The second-order valence-electron chi connectivity index (χ2n) is 10.1. The largest absolute Gasteiger partial charge is 0.480 e. The first-order valence-electron chi connectivity index (χ1n) is 12.8. The fourth-order valence-corrected chi connectivity index (χ4v) is 5.61. The number of rotatable bonds is 5. The molecule has 0 aliphatic carbocycles. The zero-order valence-corrected chi connectivity index (χ0v) is 21.4. The molecule has 4 aromatic rings. The number of carboxylic acid groups (broad SMARTS) is 1. The van der Waals surface area contributed by atoms with Crippen LogP contribution in [0.4, 0.5) is 17.1 Å². The molecular formula is C32H27N3O4. The zero-order chi connectivity index (χ0) is 27.1. The molecule has 0 saturated heterocycles. The van der Waals surface area contributed by atoms with Gasteiger partial charge in [-0.05, 0) is 53.9 Å². The van der Waals surface area contributed by atoms with Crippen LogP contribution in [0.2, 0.25) is 0 Å². The van der Waals surface area contributed by atoms with Gasteiger partial charge in [-0.1, -0.05) is 72.3 Å². The molecule has 0 saturated carbocycles. The van der Waals surface area contributed by atoms with E-state index in [9.17, 15) is 19.5 Å². The van der Waals surface area contributed by atoms with E-state index in [1.54, 1.807) is 36.4 Å². The maximum atomic E-state index is 13.7. The number of anilines is 3. The Morgan fingerprint density at radius 3 is 2.13 bits per heavy atom. The van der Waals surface area contributed by atoms with Crippen LogP contribution in [0.1, 0.15) is 32.6 Å². The lowest BCUT2D eigenvalue weighted by Crippen LogP contribution is -2.49. The Morgan fingerprint density at radius 2 is 1.46 bits per heavy atom. The van der Waals surface area contributed by atoms with Crippen molar-refractivity contribution in [3.05, 3.63) is 125 Å². The van der Waals surface area contributed by atoms with E-state index in [0.29, 0.717) is 16.9 Å². The summed E-state index contributed by atoms with van der Waals surface area (Å²) >= 11 is 0. The van der Waals surface area contributed by atoms with Crippen molar-refractivity contribution in [1.29, 1.82) is 0 Å². The minimum Gasteiger partial charge on any atom is -0.480 e. The molecule has 0 aromatic heterocycles. The molecule has 2 amide bonds. The van der Waals surface area contributed by atoms with Crippen LogP contribution < -0.4 is 15.1 Å². The fourth-order valence-electron chi connectivity index (χ4n) is 5.61. The van der Waals surface area contributed by atoms with Crippen LogP contribution >= 0.6 is 0 Å². The molecular weight excluding hydrogens is 490 g/mol. The lowest BCUT2D eigenvalue weighted by atomic mass is 9.80. The van der Waals surface area contributed by atoms with E-state index in [0.717, 1.165) is 23.2 Å². The third-order valence-electron chi connectivity index (χ3n) is 7.59. The minimum atomic E-state index is -1.11. The highest BCUT2D eigenvalue weighted by molar-refractivity contribution is 6.16. The second kappa shape index (κ2) is 9.44. The van der Waals surface area contributed by atoms with Gasteiger partial charge in [0.25, 0.3) is 5.91 Å². The molecule has 0 bridgehead atoms. The molecule has 0 spiro atoms. The average Bonchev–Trinajstić information content (AvgIpc) is 3.35. The molecule has 6 rings (SSSR count). The van der Waals surface area contributed by atoms with Crippen LogP contribution in [0.25, 0.3) is 0 Å². The Bertz CT molecular complexity index is 1570. The van der Waals surface area contributed by atoms with E-state index < -0.39 is 24.0 Å². The van der Waals surface area contributed by atoms with Gasteiger partial charge in [0.05, 0.1) is 16.9 Å².